The summed E-state index contributed by atoms with van der Waals surface area (Å²) in [7, 11) is 0. The van der Waals surface area contributed by atoms with Gasteiger partial charge in [-0.3, -0.25) is 0 Å². The third-order valence-electron chi connectivity index (χ3n) is 2.81. The van der Waals surface area contributed by atoms with Crippen LogP contribution >= 0.6 is 0 Å². The summed E-state index contributed by atoms with van der Waals surface area (Å²) in [5.74, 6) is 0.606. The first-order valence-corrected chi connectivity index (χ1v) is 5.96. The highest BCUT2D eigenvalue weighted by molar-refractivity contribution is 5.89. The molecule has 2 aromatic rings. The second-order valence-electron chi connectivity index (χ2n) is 3.94. The van der Waals surface area contributed by atoms with Gasteiger partial charge in [-0.2, -0.15) is 10.2 Å². The molecule has 0 unspecified atom stereocenters. The fraction of sp³-hybridized carbons (Fsp3) is 0.385. The summed E-state index contributed by atoms with van der Waals surface area (Å²) >= 11 is 0. The highest BCUT2D eigenvalue weighted by atomic mass is 15.2. The Labute approximate surface area is 101 Å². The molecule has 0 saturated carbocycles. The molecule has 0 atom stereocenters. The van der Waals surface area contributed by atoms with E-state index in [0.29, 0.717) is 5.82 Å². The van der Waals surface area contributed by atoms with Gasteiger partial charge in [0.1, 0.15) is 0 Å². The molecular weight excluding hydrogens is 212 g/mol. The van der Waals surface area contributed by atoms with E-state index in [4.69, 9.17) is 0 Å². The molecule has 0 amide bonds. The molecule has 0 aliphatic heterocycles. The first-order valence-electron chi connectivity index (χ1n) is 5.96. The molecule has 4 nitrogen and oxygen atoms in total. The van der Waals surface area contributed by atoms with E-state index in [-0.39, 0.29) is 6.04 Å². The lowest BCUT2D eigenvalue weighted by Gasteiger charge is -2.03. The molecule has 1 aromatic heterocycles. The summed E-state index contributed by atoms with van der Waals surface area (Å²) in [6.07, 6.45) is 3.74. The Kier molecular flexibility index (Phi) is 3.75. The molecule has 2 rings (SSSR count). The number of azo groups is 1. The largest absolute Gasteiger partial charge is 0.203 e. The van der Waals surface area contributed by atoms with Gasteiger partial charge in [-0.25, -0.2) is 0 Å². The van der Waals surface area contributed by atoms with Crippen LogP contribution in [0.4, 0.5) is 5.82 Å². The van der Waals surface area contributed by atoms with Crippen LogP contribution in [-0.2, 0) is 0 Å². The van der Waals surface area contributed by atoms with Gasteiger partial charge in [-0.05, 0) is 12.8 Å². The fourth-order valence-corrected chi connectivity index (χ4v) is 1.68. The molecule has 0 aliphatic carbocycles. The molecule has 0 spiro atoms. The average Bonchev–Trinajstić information content (AvgIpc) is 2.40. The summed E-state index contributed by atoms with van der Waals surface area (Å²) in [5, 5.41) is 18.5. The molecule has 0 saturated heterocycles. The van der Waals surface area contributed by atoms with Crippen molar-refractivity contribution in [2.75, 3.05) is 0 Å². The van der Waals surface area contributed by atoms with Crippen LogP contribution in [0.5, 0.6) is 0 Å². The summed E-state index contributed by atoms with van der Waals surface area (Å²) in [6, 6.07) is 8.22. The molecule has 1 aromatic carbocycles. The Balaban J connectivity index is 2.36. The van der Waals surface area contributed by atoms with E-state index in [1.54, 1.807) is 6.20 Å². The second kappa shape index (κ2) is 5.48. The van der Waals surface area contributed by atoms with E-state index in [2.05, 4.69) is 34.3 Å². The van der Waals surface area contributed by atoms with Gasteiger partial charge in [0, 0.05) is 10.8 Å². The van der Waals surface area contributed by atoms with Crippen LogP contribution in [0.3, 0.4) is 0 Å². The molecule has 0 bridgehead atoms. The summed E-state index contributed by atoms with van der Waals surface area (Å²) in [4.78, 5) is 0. The summed E-state index contributed by atoms with van der Waals surface area (Å²) < 4.78 is 0. The van der Waals surface area contributed by atoms with Crippen molar-refractivity contribution in [2.24, 2.45) is 10.2 Å². The lowest BCUT2D eigenvalue weighted by molar-refractivity contribution is 0.603. The van der Waals surface area contributed by atoms with Gasteiger partial charge in [0.25, 0.3) is 0 Å². The van der Waals surface area contributed by atoms with Crippen LogP contribution < -0.4 is 0 Å². The Morgan fingerprint density at radius 3 is 2.71 bits per heavy atom. The van der Waals surface area contributed by atoms with Crippen molar-refractivity contribution in [3.8, 4) is 0 Å². The van der Waals surface area contributed by atoms with Crippen molar-refractivity contribution >= 4 is 16.6 Å². The van der Waals surface area contributed by atoms with E-state index in [9.17, 15) is 0 Å². The predicted octanol–water partition coefficient (Wildman–Crippen LogP) is 3.90. The lowest BCUT2D eigenvalue weighted by Crippen LogP contribution is -1.97. The van der Waals surface area contributed by atoms with Crippen molar-refractivity contribution in [1.82, 2.24) is 10.2 Å². The van der Waals surface area contributed by atoms with E-state index in [1.807, 2.05) is 24.3 Å². The zero-order chi connectivity index (χ0) is 12.1. The molecular formula is C13H16N4. The Morgan fingerprint density at radius 1 is 1.18 bits per heavy atom. The van der Waals surface area contributed by atoms with E-state index >= 15 is 0 Å². The maximum atomic E-state index is 4.30. The molecule has 0 radical (unpaired) electrons. The maximum absolute atomic E-state index is 4.30. The van der Waals surface area contributed by atoms with Crippen LogP contribution in [-0.4, -0.2) is 16.2 Å². The third kappa shape index (κ3) is 2.64. The lowest BCUT2D eigenvalue weighted by atomic mass is 10.2. The van der Waals surface area contributed by atoms with Gasteiger partial charge in [-0.15, -0.1) is 10.2 Å². The minimum atomic E-state index is 0.274. The zero-order valence-electron chi connectivity index (χ0n) is 10.2. The molecule has 0 N–H and O–H groups in total. The quantitative estimate of drug-likeness (QED) is 0.745. The number of hydrogen-bond donors (Lipinski definition) is 0. The van der Waals surface area contributed by atoms with E-state index in [1.165, 1.54) is 0 Å². The SMILES string of the molecule is CCC(CC)N=Nc1nncc2ccccc12. The summed E-state index contributed by atoms with van der Waals surface area (Å²) in [5.41, 5.74) is 0. The van der Waals surface area contributed by atoms with Gasteiger partial charge in [-0.1, -0.05) is 38.1 Å². The van der Waals surface area contributed by atoms with Gasteiger partial charge in [0.2, 0.25) is 5.82 Å². The number of benzene rings is 1. The predicted molar refractivity (Wildman–Crippen MR) is 68.4 cm³/mol. The van der Waals surface area contributed by atoms with Crippen molar-refractivity contribution in [3.63, 3.8) is 0 Å². The monoisotopic (exact) mass is 228 g/mol. The average molecular weight is 228 g/mol. The molecule has 17 heavy (non-hydrogen) atoms. The topological polar surface area (TPSA) is 50.5 Å². The van der Waals surface area contributed by atoms with Gasteiger partial charge in [0.15, 0.2) is 0 Å². The van der Waals surface area contributed by atoms with Crippen LogP contribution in [0.25, 0.3) is 10.8 Å². The first kappa shape index (κ1) is 11.6. The smallest absolute Gasteiger partial charge is 0.184 e. The first-order chi connectivity index (χ1) is 8.35. The number of rotatable bonds is 4. The highest BCUT2D eigenvalue weighted by Crippen LogP contribution is 2.22. The van der Waals surface area contributed by atoms with Gasteiger partial charge in [0.05, 0.1) is 12.2 Å². The molecule has 1 heterocycles. The van der Waals surface area contributed by atoms with Gasteiger partial charge < -0.3 is 0 Å². The van der Waals surface area contributed by atoms with Crippen LogP contribution in [0.1, 0.15) is 26.7 Å². The third-order valence-corrected chi connectivity index (χ3v) is 2.81. The van der Waals surface area contributed by atoms with Crippen LogP contribution in [0.15, 0.2) is 40.7 Å². The van der Waals surface area contributed by atoms with E-state index < -0.39 is 0 Å². The van der Waals surface area contributed by atoms with Crippen LogP contribution in [0, 0.1) is 0 Å². The standard InChI is InChI=1S/C13H16N4/c1-3-11(4-2)15-17-13-12-8-6-5-7-10(12)9-14-16-13/h5-9,11H,3-4H2,1-2H3. The highest BCUT2D eigenvalue weighted by Gasteiger charge is 2.03. The fourth-order valence-electron chi connectivity index (χ4n) is 1.68. The Bertz CT molecular complexity index is 512. The number of hydrogen-bond acceptors (Lipinski definition) is 4. The molecule has 88 valence electrons. The zero-order valence-corrected chi connectivity index (χ0v) is 10.2. The normalized spacial score (nSPS) is 11.7. The molecule has 0 fully saturated rings. The van der Waals surface area contributed by atoms with Crippen molar-refractivity contribution in [3.05, 3.63) is 30.5 Å². The number of nitrogens with zero attached hydrogens (tertiary/aromatic N) is 4. The Hall–Kier alpha value is -1.84. The number of aromatic nitrogens is 2. The van der Waals surface area contributed by atoms with Crippen molar-refractivity contribution in [1.29, 1.82) is 0 Å². The van der Waals surface area contributed by atoms with E-state index in [0.717, 1.165) is 23.6 Å². The molecule has 0 aliphatic rings. The Morgan fingerprint density at radius 2 is 1.94 bits per heavy atom. The summed E-state index contributed by atoms with van der Waals surface area (Å²) in [6.45, 7) is 4.23. The second-order valence-corrected chi connectivity index (χ2v) is 3.94. The molecule has 4 heteroatoms. The number of fused-ring (bicyclic) bond motifs is 1. The van der Waals surface area contributed by atoms with Crippen molar-refractivity contribution in [2.45, 2.75) is 32.7 Å². The maximum Gasteiger partial charge on any atom is 0.203 e. The van der Waals surface area contributed by atoms with Gasteiger partial charge >= 0.3 is 0 Å². The van der Waals surface area contributed by atoms with Crippen LogP contribution in [0.2, 0.25) is 0 Å². The minimum Gasteiger partial charge on any atom is -0.184 e. The van der Waals surface area contributed by atoms with Crippen molar-refractivity contribution < 1.29 is 0 Å². The minimum absolute atomic E-state index is 0.274.